The number of nitrogens with two attached hydrogens (primary N) is 1. The van der Waals surface area contributed by atoms with Gasteiger partial charge >= 0.3 is 5.97 Å². The number of ether oxygens (including phenoxy) is 1. The zero-order chi connectivity index (χ0) is 9.23. The second-order valence-corrected chi connectivity index (χ2v) is 2.26. The van der Waals surface area contributed by atoms with Crippen LogP contribution in [0.1, 0.15) is 6.42 Å². The average molecular weight is 172 g/mol. The number of hydrogen-bond donors (Lipinski definition) is 2. The van der Waals surface area contributed by atoms with Gasteiger partial charge in [0.25, 0.3) is 0 Å². The van der Waals surface area contributed by atoms with E-state index in [2.05, 4.69) is 11.9 Å². The summed E-state index contributed by atoms with van der Waals surface area (Å²) in [6.45, 7) is 5.97. The van der Waals surface area contributed by atoms with Crippen molar-refractivity contribution in [3.05, 3.63) is 12.7 Å². The van der Waals surface area contributed by atoms with E-state index in [1.807, 2.05) is 0 Å². The van der Waals surface area contributed by atoms with Crippen molar-refractivity contribution < 1.29 is 9.53 Å². The van der Waals surface area contributed by atoms with Crippen LogP contribution >= 0.6 is 0 Å². The van der Waals surface area contributed by atoms with E-state index >= 15 is 0 Å². The van der Waals surface area contributed by atoms with Crippen LogP contribution in [0.15, 0.2) is 12.7 Å². The van der Waals surface area contributed by atoms with Gasteiger partial charge in [0.05, 0.1) is 6.61 Å². The van der Waals surface area contributed by atoms with E-state index in [0.717, 1.165) is 25.6 Å². The molecule has 0 rings (SSSR count). The fourth-order valence-electron chi connectivity index (χ4n) is 0.656. The van der Waals surface area contributed by atoms with Crippen molar-refractivity contribution in [3.63, 3.8) is 0 Å². The van der Waals surface area contributed by atoms with Crippen LogP contribution in [0.2, 0.25) is 0 Å². The van der Waals surface area contributed by atoms with Crippen LogP contribution in [-0.2, 0) is 9.53 Å². The van der Waals surface area contributed by atoms with Gasteiger partial charge in [-0.25, -0.2) is 4.79 Å². The lowest BCUT2D eigenvalue weighted by molar-refractivity contribution is -0.137. The Morgan fingerprint density at radius 1 is 1.58 bits per heavy atom. The number of esters is 1. The van der Waals surface area contributed by atoms with E-state index in [0.29, 0.717) is 13.2 Å². The normalized spacial score (nSPS) is 9.42. The largest absolute Gasteiger partial charge is 0.462 e. The highest BCUT2D eigenvalue weighted by Crippen LogP contribution is 1.82. The van der Waals surface area contributed by atoms with E-state index in [1.54, 1.807) is 0 Å². The molecule has 0 aromatic rings. The lowest BCUT2D eigenvalue weighted by atomic mass is 10.4. The molecule has 0 unspecified atom stereocenters. The molecule has 0 fully saturated rings. The van der Waals surface area contributed by atoms with Crippen molar-refractivity contribution in [2.24, 2.45) is 5.73 Å². The zero-order valence-electron chi connectivity index (χ0n) is 7.21. The summed E-state index contributed by atoms with van der Waals surface area (Å²) in [5.74, 6) is -0.367. The van der Waals surface area contributed by atoms with Crippen LogP contribution < -0.4 is 11.1 Å². The molecule has 70 valence electrons. The number of nitrogens with one attached hydrogen (secondary N) is 1. The number of carbonyl (C=O) groups excluding carboxylic acids is 1. The van der Waals surface area contributed by atoms with E-state index in [-0.39, 0.29) is 5.97 Å². The van der Waals surface area contributed by atoms with Gasteiger partial charge in [0.2, 0.25) is 0 Å². The van der Waals surface area contributed by atoms with E-state index < -0.39 is 0 Å². The quantitative estimate of drug-likeness (QED) is 0.313. The Morgan fingerprint density at radius 2 is 2.33 bits per heavy atom. The maximum absolute atomic E-state index is 10.5. The molecule has 12 heavy (non-hydrogen) atoms. The molecule has 4 heteroatoms. The van der Waals surface area contributed by atoms with Gasteiger partial charge in [-0.3, -0.25) is 0 Å². The molecule has 0 aromatic carbocycles. The summed E-state index contributed by atoms with van der Waals surface area (Å²) in [5.41, 5.74) is 5.25. The summed E-state index contributed by atoms with van der Waals surface area (Å²) < 4.78 is 4.74. The van der Waals surface area contributed by atoms with Crippen molar-refractivity contribution in [1.29, 1.82) is 0 Å². The van der Waals surface area contributed by atoms with Gasteiger partial charge in [0.15, 0.2) is 0 Å². The van der Waals surface area contributed by atoms with Crippen LogP contribution in [0.25, 0.3) is 0 Å². The third kappa shape index (κ3) is 7.24. The van der Waals surface area contributed by atoms with Gasteiger partial charge < -0.3 is 15.8 Å². The molecular weight excluding hydrogens is 156 g/mol. The van der Waals surface area contributed by atoms with Gasteiger partial charge in [0.1, 0.15) is 0 Å². The molecule has 0 aliphatic heterocycles. The standard InChI is InChI=1S/C8H16N2O2/c1-2-8(11)12-7-3-5-10-6-4-9/h2,10H,1,3-7,9H2. The Bertz CT molecular complexity index is 137. The Hall–Kier alpha value is -0.870. The first-order valence-corrected chi connectivity index (χ1v) is 4.01. The van der Waals surface area contributed by atoms with Crippen molar-refractivity contribution in [2.45, 2.75) is 6.42 Å². The SMILES string of the molecule is C=CC(=O)OCCCNCCN. The van der Waals surface area contributed by atoms with Crippen molar-refractivity contribution in [1.82, 2.24) is 5.32 Å². The molecular formula is C8H16N2O2. The van der Waals surface area contributed by atoms with E-state index in [9.17, 15) is 4.79 Å². The third-order valence-corrected chi connectivity index (χ3v) is 1.23. The molecule has 4 nitrogen and oxygen atoms in total. The molecule has 0 saturated carbocycles. The Balaban J connectivity index is 3.00. The van der Waals surface area contributed by atoms with Gasteiger partial charge in [-0.05, 0) is 13.0 Å². The fourth-order valence-corrected chi connectivity index (χ4v) is 0.656. The smallest absolute Gasteiger partial charge is 0.330 e. The molecule has 0 aliphatic rings. The number of carbonyl (C=O) groups is 1. The van der Waals surface area contributed by atoms with Crippen LogP contribution in [0.3, 0.4) is 0 Å². The van der Waals surface area contributed by atoms with Crippen molar-refractivity contribution in [3.8, 4) is 0 Å². The second-order valence-electron chi connectivity index (χ2n) is 2.26. The van der Waals surface area contributed by atoms with Gasteiger partial charge in [-0.1, -0.05) is 6.58 Å². The molecule has 0 saturated heterocycles. The number of hydrogen-bond acceptors (Lipinski definition) is 4. The summed E-state index contributed by atoms with van der Waals surface area (Å²) in [5, 5.41) is 3.08. The van der Waals surface area contributed by atoms with Crippen LogP contribution in [0, 0.1) is 0 Å². The van der Waals surface area contributed by atoms with E-state index in [1.165, 1.54) is 0 Å². The summed E-state index contributed by atoms with van der Waals surface area (Å²) in [7, 11) is 0. The molecule has 0 bridgehead atoms. The summed E-state index contributed by atoms with van der Waals surface area (Å²) in [4.78, 5) is 10.5. The van der Waals surface area contributed by atoms with Crippen molar-refractivity contribution >= 4 is 5.97 Å². The predicted octanol–water partition coefficient (Wildman–Crippen LogP) is -0.346. The van der Waals surface area contributed by atoms with Gasteiger partial charge in [-0.2, -0.15) is 0 Å². The van der Waals surface area contributed by atoms with Gasteiger partial charge in [0, 0.05) is 19.2 Å². The van der Waals surface area contributed by atoms with Gasteiger partial charge in [-0.15, -0.1) is 0 Å². The van der Waals surface area contributed by atoms with Crippen molar-refractivity contribution in [2.75, 3.05) is 26.2 Å². The van der Waals surface area contributed by atoms with Crippen LogP contribution in [0.5, 0.6) is 0 Å². The lowest BCUT2D eigenvalue weighted by Crippen LogP contribution is -2.24. The zero-order valence-corrected chi connectivity index (χ0v) is 7.21. The highest BCUT2D eigenvalue weighted by molar-refractivity contribution is 5.81. The lowest BCUT2D eigenvalue weighted by Gasteiger charge is -2.02. The molecule has 0 spiro atoms. The molecule has 0 aromatic heterocycles. The molecule has 0 heterocycles. The maximum Gasteiger partial charge on any atom is 0.330 e. The monoisotopic (exact) mass is 172 g/mol. The molecule has 3 N–H and O–H groups in total. The first kappa shape index (κ1) is 11.1. The first-order chi connectivity index (χ1) is 5.81. The summed E-state index contributed by atoms with van der Waals surface area (Å²) in [6.07, 6.45) is 1.97. The summed E-state index contributed by atoms with van der Waals surface area (Å²) in [6, 6.07) is 0. The minimum Gasteiger partial charge on any atom is -0.462 e. The molecule has 0 atom stereocenters. The number of rotatable bonds is 7. The third-order valence-electron chi connectivity index (χ3n) is 1.23. The minimum atomic E-state index is -0.367. The fraction of sp³-hybridized carbons (Fsp3) is 0.625. The highest BCUT2D eigenvalue weighted by atomic mass is 16.5. The molecule has 0 radical (unpaired) electrons. The molecule has 0 amide bonds. The molecule has 0 aliphatic carbocycles. The maximum atomic E-state index is 10.5. The Kier molecular flexibility index (Phi) is 7.63. The van der Waals surface area contributed by atoms with Crippen LogP contribution in [0.4, 0.5) is 0 Å². The average Bonchev–Trinajstić information content (AvgIpc) is 2.10. The first-order valence-electron chi connectivity index (χ1n) is 4.01. The minimum absolute atomic E-state index is 0.367. The summed E-state index contributed by atoms with van der Waals surface area (Å²) >= 11 is 0. The second kappa shape index (κ2) is 8.23. The van der Waals surface area contributed by atoms with Crippen LogP contribution in [-0.4, -0.2) is 32.2 Å². The van der Waals surface area contributed by atoms with E-state index in [4.69, 9.17) is 10.5 Å². The highest BCUT2D eigenvalue weighted by Gasteiger charge is 1.93. The topological polar surface area (TPSA) is 64.3 Å². The predicted molar refractivity (Wildman–Crippen MR) is 47.7 cm³/mol. The Morgan fingerprint density at radius 3 is 2.92 bits per heavy atom. The Labute approximate surface area is 72.8 Å².